The number of halogens is 2. The van der Waals surface area contributed by atoms with E-state index in [4.69, 9.17) is 11.6 Å². The highest BCUT2D eigenvalue weighted by molar-refractivity contribution is 6.30. The van der Waals surface area contributed by atoms with Gasteiger partial charge in [0.2, 0.25) is 0 Å². The predicted octanol–water partition coefficient (Wildman–Crippen LogP) is 4.07. The van der Waals surface area contributed by atoms with Crippen molar-refractivity contribution in [2.45, 2.75) is 38.1 Å². The third kappa shape index (κ3) is 4.17. The zero-order valence-corrected chi connectivity index (χ0v) is 15.5. The molecule has 1 aliphatic heterocycles. The molecule has 140 valence electrons. The van der Waals surface area contributed by atoms with Crippen molar-refractivity contribution in [3.05, 3.63) is 58.0 Å². The summed E-state index contributed by atoms with van der Waals surface area (Å²) in [4.78, 5) is 9.00. The van der Waals surface area contributed by atoms with Crippen LogP contribution < -0.4 is 5.32 Å². The lowest BCUT2D eigenvalue weighted by molar-refractivity contribution is 0.318. The van der Waals surface area contributed by atoms with Crippen molar-refractivity contribution in [2.24, 2.45) is 10.1 Å². The van der Waals surface area contributed by atoms with Crippen LogP contribution in [-0.4, -0.2) is 34.2 Å². The highest BCUT2D eigenvalue weighted by Crippen LogP contribution is 2.29. The fraction of sp³-hybridized carbons (Fsp3) is 0.350. The fourth-order valence-electron chi connectivity index (χ4n) is 3.30. The molecule has 0 spiro atoms. The van der Waals surface area contributed by atoms with Crippen molar-refractivity contribution in [1.29, 1.82) is 0 Å². The van der Waals surface area contributed by atoms with Gasteiger partial charge in [-0.15, -0.1) is 0 Å². The molecular formula is C20H20ClFN4O. The molecule has 2 aromatic rings. The number of nitrogens with zero attached hydrogens (tertiary/aromatic N) is 3. The van der Waals surface area contributed by atoms with E-state index in [2.05, 4.69) is 20.4 Å². The second-order valence-electron chi connectivity index (χ2n) is 6.97. The van der Waals surface area contributed by atoms with Crippen LogP contribution in [0.5, 0.6) is 0 Å². The van der Waals surface area contributed by atoms with E-state index in [-0.39, 0.29) is 5.02 Å². The lowest BCUT2D eigenvalue weighted by Gasteiger charge is -2.10. The van der Waals surface area contributed by atoms with Gasteiger partial charge in [-0.3, -0.25) is 0 Å². The first-order valence-electron chi connectivity index (χ1n) is 9.07. The van der Waals surface area contributed by atoms with Crippen LogP contribution in [0, 0.1) is 5.82 Å². The molecule has 7 heteroatoms. The van der Waals surface area contributed by atoms with E-state index >= 15 is 0 Å². The van der Waals surface area contributed by atoms with E-state index < -0.39 is 5.82 Å². The number of pyridine rings is 1. The van der Waals surface area contributed by atoms with Gasteiger partial charge in [0, 0.05) is 48.5 Å². The lowest BCUT2D eigenvalue weighted by Crippen LogP contribution is -2.20. The van der Waals surface area contributed by atoms with E-state index in [1.54, 1.807) is 18.3 Å². The largest absolute Gasteiger partial charge is 0.411 e. The van der Waals surface area contributed by atoms with Crippen LogP contribution in [0.3, 0.4) is 0 Å². The van der Waals surface area contributed by atoms with Gasteiger partial charge in [0.15, 0.2) is 5.82 Å². The molecule has 1 aliphatic carbocycles. The number of aliphatic imine (C=N–C) groups is 1. The molecule has 2 aliphatic rings. The fourth-order valence-corrected chi connectivity index (χ4v) is 3.50. The predicted molar refractivity (Wildman–Crippen MR) is 104 cm³/mol. The minimum atomic E-state index is -0.467. The molecule has 1 fully saturated rings. The van der Waals surface area contributed by atoms with Crippen LogP contribution in [0.15, 0.2) is 40.6 Å². The van der Waals surface area contributed by atoms with Crippen molar-refractivity contribution < 1.29 is 9.60 Å². The molecule has 0 amide bonds. The van der Waals surface area contributed by atoms with Crippen molar-refractivity contribution in [1.82, 2.24) is 10.3 Å². The summed E-state index contributed by atoms with van der Waals surface area (Å²) < 4.78 is 13.4. The van der Waals surface area contributed by atoms with E-state index in [0.29, 0.717) is 30.4 Å². The van der Waals surface area contributed by atoms with E-state index in [0.717, 1.165) is 35.4 Å². The van der Waals surface area contributed by atoms with Gasteiger partial charge in [-0.2, -0.15) is 0 Å². The second-order valence-corrected chi connectivity index (χ2v) is 7.37. The summed E-state index contributed by atoms with van der Waals surface area (Å²) in [7, 11) is 0. The molecule has 1 saturated carbocycles. The van der Waals surface area contributed by atoms with Gasteiger partial charge in [0.25, 0.3) is 0 Å². The summed E-state index contributed by atoms with van der Waals surface area (Å²) in [5.74, 6) is 0.220. The third-order valence-corrected chi connectivity index (χ3v) is 5.18. The summed E-state index contributed by atoms with van der Waals surface area (Å²) in [6.45, 7) is 0.918. The van der Waals surface area contributed by atoms with Crippen molar-refractivity contribution in [3.8, 4) is 0 Å². The third-order valence-electron chi connectivity index (χ3n) is 4.89. The molecule has 5 nitrogen and oxygen atoms in total. The monoisotopic (exact) mass is 386 g/mol. The van der Waals surface area contributed by atoms with Gasteiger partial charge >= 0.3 is 0 Å². The minimum absolute atomic E-state index is 0.0542. The highest BCUT2D eigenvalue weighted by Gasteiger charge is 2.24. The standard InChI is InChI=1S/C20H20ClFN4O/c21-17-9-12(1-4-18(17)22)10-19(26-27)15-6-8-24-20-16(15)11-14(25-20)5-7-23-13-2-3-13/h1,4,6,8-9,13,23,27H,2-3,5,7,10-11H2/b26-19+. The van der Waals surface area contributed by atoms with Gasteiger partial charge in [0.1, 0.15) is 5.82 Å². The van der Waals surface area contributed by atoms with E-state index in [9.17, 15) is 9.60 Å². The number of nitrogens with one attached hydrogen (secondary N) is 1. The second kappa shape index (κ2) is 7.74. The maximum absolute atomic E-state index is 13.4. The number of benzene rings is 1. The van der Waals surface area contributed by atoms with Crippen molar-refractivity contribution in [3.63, 3.8) is 0 Å². The number of hydrogen-bond donors (Lipinski definition) is 2. The normalized spacial score (nSPS) is 16.4. The first kappa shape index (κ1) is 18.1. The molecule has 2 N–H and O–H groups in total. The molecule has 0 saturated heterocycles. The molecule has 1 aromatic heterocycles. The Morgan fingerprint density at radius 1 is 1.33 bits per heavy atom. The summed E-state index contributed by atoms with van der Waals surface area (Å²) in [5.41, 5.74) is 4.13. The number of aromatic nitrogens is 1. The Labute approximate surface area is 162 Å². The van der Waals surface area contributed by atoms with Gasteiger partial charge < -0.3 is 10.5 Å². The van der Waals surface area contributed by atoms with Gasteiger partial charge in [-0.05, 0) is 43.0 Å². The quantitative estimate of drug-likeness (QED) is 0.428. The van der Waals surface area contributed by atoms with Crippen LogP contribution in [0.2, 0.25) is 5.02 Å². The summed E-state index contributed by atoms with van der Waals surface area (Å²) in [5, 5.41) is 16.6. The molecule has 4 rings (SSSR count). The van der Waals surface area contributed by atoms with E-state index in [1.165, 1.54) is 18.9 Å². The Kier molecular flexibility index (Phi) is 5.18. The maximum Gasteiger partial charge on any atom is 0.155 e. The summed E-state index contributed by atoms with van der Waals surface area (Å²) in [6.07, 6.45) is 6.13. The van der Waals surface area contributed by atoms with Gasteiger partial charge in [-0.25, -0.2) is 14.4 Å². The van der Waals surface area contributed by atoms with Crippen molar-refractivity contribution >= 4 is 28.8 Å². The van der Waals surface area contributed by atoms with Gasteiger partial charge in [-0.1, -0.05) is 22.8 Å². The number of oxime groups is 1. The number of fused-ring (bicyclic) bond motifs is 1. The lowest BCUT2D eigenvalue weighted by atomic mass is 9.96. The molecule has 0 unspecified atom stereocenters. The van der Waals surface area contributed by atoms with Crippen molar-refractivity contribution in [2.75, 3.05) is 6.54 Å². The smallest absolute Gasteiger partial charge is 0.155 e. The van der Waals surface area contributed by atoms with E-state index in [1.807, 2.05) is 6.07 Å². The van der Waals surface area contributed by atoms with Crippen LogP contribution >= 0.6 is 11.6 Å². The molecule has 1 aromatic carbocycles. The molecule has 27 heavy (non-hydrogen) atoms. The number of hydrogen-bond acceptors (Lipinski definition) is 5. The molecule has 0 radical (unpaired) electrons. The van der Waals surface area contributed by atoms with Crippen LogP contribution in [0.1, 0.15) is 36.0 Å². The molecule has 0 atom stereocenters. The highest BCUT2D eigenvalue weighted by atomic mass is 35.5. The zero-order valence-electron chi connectivity index (χ0n) is 14.8. The molecule has 2 heterocycles. The van der Waals surface area contributed by atoms with Crippen LogP contribution in [-0.2, 0) is 12.8 Å². The topological polar surface area (TPSA) is 69.9 Å². The van der Waals surface area contributed by atoms with Gasteiger partial charge in [0.05, 0.1) is 10.7 Å². The summed E-state index contributed by atoms with van der Waals surface area (Å²) in [6, 6.07) is 7.02. The number of rotatable bonds is 7. The SMILES string of the molecule is O/N=C(\Cc1ccc(F)c(Cl)c1)c1ccnc2c1CC(CCNC1CC1)=N2. The first-order chi connectivity index (χ1) is 13.1. The average Bonchev–Trinajstić information content (AvgIpc) is 3.39. The summed E-state index contributed by atoms with van der Waals surface area (Å²) >= 11 is 5.86. The Hall–Kier alpha value is -2.31. The zero-order chi connectivity index (χ0) is 18.8. The average molecular weight is 387 g/mol. The minimum Gasteiger partial charge on any atom is -0.411 e. The Morgan fingerprint density at radius 3 is 2.93 bits per heavy atom. The molecule has 0 bridgehead atoms. The first-order valence-corrected chi connectivity index (χ1v) is 9.45. The van der Waals surface area contributed by atoms with Crippen LogP contribution in [0.25, 0.3) is 0 Å². The Morgan fingerprint density at radius 2 is 2.19 bits per heavy atom. The Balaban J connectivity index is 1.50. The van der Waals surface area contributed by atoms with Crippen LogP contribution in [0.4, 0.5) is 10.2 Å². The molecular weight excluding hydrogens is 367 g/mol. The maximum atomic E-state index is 13.4. The Bertz CT molecular complexity index is 924.